The van der Waals surface area contributed by atoms with Crippen molar-refractivity contribution in [2.45, 2.75) is 11.8 Å². The van der Waals surface area contributed by atoms with Crippen LogP contribution in [0.2, 0.25) is 5.02 Å². The van der Waals surface area contributed by atoms with Gasteiger partial charge >= 0.3 is 0 Å². The number of sulfonamides is 1. The zero-order valence-corrected chi connectivity index (χ0v) is 14.4. The summed E-state index contributed by atoms with van der Waals surface area (Å²) in [5.41, 5.74) is 0.598. The minimum absolute atomic E-state index is 0.288. The second kappa shape index (κ2) is 6.47. The molecular weight excluding hydrogens is 334 g/mol. The molecule has 0 unspecified atom stereocenters. The van der Waals surface area contributed by atoms with Crippen LogP contribution in [0.25, 0.3) is 0 Å². The van der Waals surface area contributed by atoms with Crippen molar-refractivity contribution in [2.24, 2.45) is 0 Å². The average molecular weight is 352 g/mol. The molecule has 0 amide bonds. The van der Waals surface area contributed by atoms with Crippen LogP contribution in [0.3, 0.4) is 0 Å². The molecule has 7 heteroatoms. The standard InChI is InChI=1S/C16H18ClN3O2S/c1-13-14(17)5-4-6-15(13)23(21,22)20-11-9-19(10-12-20)16-7-2-3-8-18-16/h2-8H,9-12H2,1H3. The zero-order valence-electron chi connectivity index (χ0n) is 12.8. The van der Waals surface area contributed by atoms with E-state index in [9.17, 15) is 8.42 Å². The highest BCUT2D eigenvalue weighted by molar-refractivity contribution is 7.89. The third kappa shape index (κ3) is 3.20. The second-order valence-electron chi connectivity index (χ2n) is 5.44. The summed E-state index contributed by atoms with van der Waals surface area (Å²) in [7, 11) is -3.52. The summed E-state index contributed by atoms with van der Waals surface area (Å²) in [6.45, 7) is 3.85. The van der Waals surface area contributed by atoms with Gasteiger partial charge in [0, 0.05) is 37.4 Å². The lowest BCUT2D eigenvalue weighted by Gasteiger charge is -2.34. The Morgan fingerprint density at radius 2 is 1.78 bits per heavy atom. The number of anilines is 1. The molecule has 2 heterocycles. The van der Waals surface area contributed by atoms with Crippen LogP contribution in [0.1, 0.15) is 5.56 Å². The third-order valence-electron chi connectivity index (χ3n) is 4.05. The number of hydrogen-bond acceptors (Lipinski definition) is 4. The molecule has 2 aromatic rings. The van der Waals surface area contributed by atoms with E-state index in [0.717, 1.165) is 5.82 Å². The molecule has 0 spiro atoms. The van der Waals surface area contributed by atoms with Gasteiger partial charge in [-0.3, -0.25) is 0 Å². The van der Waals surface area contributed by atoms with Gasteiger partial charge in [0.1, 0.15) is 5.82 Å². The van der Waals surface area contributed by atoms with Gasteiger partial charge in [-0.05, 0) is 36.8 Å². The van der Waals surface area contributed by atoms with E-state index >= 15 is 0 Å². The summed E-state index contributed by atoms with van der Waals surface area (Å²) < 4.78 is 27.2. The maximum atomic E-state index is 12.8. The van der Waals surface area contributed by atoms with E-state index in [-0.39, 0.29) is 4.90 Å². The van der Waals surface area contributed by atoms with E-state index in [1.54, 1.807) is 31.3 Å². The number of pyridine rings is 1. The molecule has 0 radical (unpaired) electrons. The van der Waals surface area contributed by atoms with Crippen molar-refractivity contribution < 1.29 is 8.42 Å². The first kappa shape index (κ1) is 16.2. The van der Waals surface area contributed by atoms with Crippen molar-refractivity contribution in [3.8, 4) is 0 Å². The minimum atomic E-state index is -3.52. The SMILES string of the molecule is Cc1c(Cl)cccc1S(=O)(=O)N1CCN(c2ccccn2)CC1. The summed E-state index contributed by atoms with van der Waals surface area (Å²) in [5.74, 6) is 0.878. The van der Waals surface area contributed by atoms with Crippen molar-refractivity contribution >= 4 is 27.4 Å². The summed E-state index contributed by atoms with van der Waals surface area (Å²) in [6, 6.07) is 10.7. The molecule has 1 fully saturated rings. The minimum Gasteiger partial charge on any atom is -0.354 e. The van der Waals surface area contributed by atoms with Crippen LogP contribution in [-0.2, 0) is 10.0 Å². The van der Waals surface area contributed by atoms with E-state index in [0.29, 0.717) is 36.8 Å². The number of piperazine rings is 1. The van der Waals surface area contributed by atoms with Gasteiger partial charge < -0.3 is 4.90 Å². The number of nitrogens with zero attached hydrogens (tertiary/aromatic N) is 3. The molecular formula is C16H18ClN3O2S. The zero-order chi connectivity index (χ0) is 16.4. The topological polar surface area (TPSA) is 53.5 Å². The number of hydrogen-bond donors (Lipinski definition) is 0. The average Bonchev–Trinajstić information content (AvgIpc) is 2.58. The molecule has 1 saturated heterocycles. The largest absolute Gasteiger partial charge is 0.354 e. The number of halogens is 1. The Kier molecular flexibility index (Phi) is 4.57. The fourth-order valence-electron chi connectivity index (χ4n) is 2.70. The molecule has 23 heavy (non-hydrogen) atoms. The van der Waals surface area contributed by atoms with E-state index in [4.69, 9.17) is 11.6 Å². The molecule has 3 rings (SSSR count). The quantitative estimate of drug-likeness (QED) is 0.852. The predicted molar refractivity (Wildman–Crippen MR) is 91.4 cm³/mol. The van der Waals surface area contributed by atoms with Crippen LogP contribution in [-0.4, -0.2) is 43.9 Å². The Balaban J connectivity index is 1.78. The lowest BCUT2D eigenvalue weighted by atomic mass is 10.2. The molecule has 0 N–H and O–H groups in total. The summed E-state index contributed by atoms with van der Waals surface area (Å²) in [5, 5.41) is 0.471. The van der Waals surface area contributed by atoms with Crippen LogP contribution in [0.15, 0.2) is 47.5 Å². The van der Waals surface area contributed by atoms with E-state index in [1.165, 1.54) is 4.31 Å². The van der Waals surface area contributed by atoms with Crippen molar-refractivity contribution in [1.82, 2.24) is 9.29 Å². The van der Waals surface area contributed by atoms with Gasteiger partial charge in [0.25, 0.3) is 0 Å². The molecule has 1 aliphatic rings. The third-order valence-corrected chi connectivity index (χ3v) is 6.50. The van der Waals surface area contributed by atoms with Crippen molar-refractivity contribution in [3.05, 3.63) is 53.2 Å². The first-order chi connectivity index (χ1) is 11.0. The molecule has 0 bridgehead atoms. The Morgan fingerprint density at radius 3 is 2.43 bits per heavy atom. The monoisotopic (exact) mass is 351 g/mol. The van der Waals surface area contributed by atoms with E-state index in [2.05, 4.69) is 9.88 Å². The number of rotatable bonds is 3. The highest BCUT2D eigenvalue weighted by Crippen LogP contribution is 2.26. The lowest BCUT2D eigenvalue weighted by molar-refractivity contribution is 0.383. The predicted octanol–water partition coefficient (Wildman–Crippen LogP) is 2.55. The Labute approximate surface area is 141 Å². The fraction of sp³-hybridized carbons (Fsp3) is 0.312. The first-order valence-electron chi connectivity index (χ1n) is 7.41. The van der Waals surface area contributed by atoms with Gasteiger partial charge in [-0.2, -0.15) is 4.31 Å². The molecule has 1 aliphatic heterocycles. The number of aromatic nitrogens is 1. The van der Waals surface area contributed by atoms with Crippen molar-refractivity contribution in [3.63, 3.8) is 0 Å². The normalized spacial score (nSPS) is 16.5. The highest BCUT2D eigenvalue weighted by Gasteiger charge is 2.30. The van der Waals surface area contributed by atoms with Crippen LogP contribution in [0, 0.1) is 6.92 Å². The van der Waals surface area contributed by atoms with Gasteiger partial charge in [0.15, 0.2) is 0 Å². The van der Waals surface area contributed by atoms with Gasteiger partial charge in [-0.15, -0.1) is 0 Å². The summed E-state index contributed by atoms with van der Waals surface area (Å²) >= 11 is 6.06. The highest BCUT2D eigenvalue weighted by atomic mass is 35.5. The van der Waals surface area contributed by atoms with Crippen molar-refractivity contribution in [2.75, 3.05) is 31.1 Å². The van der Waals surface area contributed by atoms with Crippen LogP contribution < -0.4 is 4.90 Å². The lowest BCUT2D eigenvalue weighted by Crippen LogP contribution is -2.49. The molecule has 5 nitrogen and oxygen atoms in total. The maximum absolute atomic E-state index is 12.8. The van der Waals surface area contributed by atoms with Gasteiger partial charge in [-0.25, -0.2) is 13.4 Å². The smallest absolute Gasteiger partial charge is 0.243 e. The van der Waals surface area contributed by atoms with Gasteiger partial charge in [0.2, 0.25) is 10.0 Å². The Hall–Kier alpha value is -1.63. The molecule has 0 saturated carbocycles. The molecule has 122 valence electrons. The van der Waals surface area contributed by atoms with Crippen LogP contribution in [0.5, 0.6) is 0 Å². The molecule has 1 aromatic carbocycles. The summed E-state index contributed by atoms with van der Waals surface area (Å²) in [4.78, 5) is 6.70. The van der Waals surface area contributed by atoms with Crippen LogP contribution in [0.4, 0.5) is 5.82 Å². The van der Waals surface area contributed by atoms with Gasteiger partial charge in [-0.1, -0.05) is 23.7 Å². The van der Waals surface area contributed by atoms with Gasteiger partial charge in [0.05, 0.1) is 4.90 Å². The Morgan fingerprint density at radius 1 is 1.04 bits per heavy atom. The van der Waals surface area contributed by atoms with Crippen molar-refractivity contribution in [1.29, 1.82) is 0 Å². The second-order valence-corrected chi connectivity index (χ2v) is 7.76. The maximum Gasteiger partial charge on any atom is 0.243 e. The van der Waals surface area contributed by atoms with Crippen LogP contribution >= 0.6 is 11.6 Å². The molecule has 0 atom stereocenters. The first-order valence-corrected chi connectivity index (χ1v) is 9.23. The van der Waals surface area contributed by atoms with E-state index < -0.39 is 10.0 Å². The Bertz CT molecular complexity index is 788. The fourth-order valence-corrected chi connectivity index (χ4v) is 4.60. The number of benzene rings is 1. The van der Waals surface area contributed by atoms with E-state index in [1.807, 2.05) is 18.2 Å². The summed E-state index contributed by atoms with van der Waals surface area (Å²) in [6.07, 6.45) is 1.74. The molecule has 1 aromatic heterocycles. The molecule has 0 aliphatic carbocycles.